The van der Waals surface area contributed by atoms with Crippen molar-refractivity contribution in [1.29, 1.82) is 0 Å². The molecule has 234 valence electrons. The average Bonchev–Trinajstić information content (AvgIpc) is 3.74. The molecule has 0 aliphatic rings. The van der Waals surface area contributed by atoms with Crippen molar-refractivity contribution in [2.24, 2.45) is 0 Å². The van der Waals surface area contributed by atoms with Crippen LogP contribution in [0, 0.1) is 0 Å². The summed E-state index contributed by atoms with van der Waals surface area (Å²) >= 11 is 0. The minimum atomic E-state index is 0.618. The summed E-state index contributed by atoms with van der Waals surface area (Å²) in [7, 11) is 0. The number of aromatic nitrogens is 4. The van der Waals surface area contributed by atoms with Gasteiger partial charge in [0.25, 0.3) is 0 Å². The third kappa shape index (κ3) is 4.52. The lowest BCUT2D eigenvalue weighted by atomic mass is 9.98. The fourth-order valence-electron chi connectivity index (χ4n) is 7.20. The molecule has 0 saturated carbocycles. The van der Waals surface area contributed by atoms with Gasteiger partial charge in [0.15, 0.2) is 17.5 Å². The first-order valence-corrected chi connectivity index (χ1v) is 16.7. The topological polar surface area (TPSA) is 56.7 Å². The second-order valence-electron chi connectivity index (χ2n) is 12.4. The number of nitrogens with zero attached hydrogens (tertiary/aromatic N) is 4. The van der Waals surface area contributed by atoms with Gasteiger partial charge < -0.3 is 8.98 Å². The highest BCUT2D eigenvalue weighted by Crippen LogP contribution is 2.41. The molecule has 0 N–H and O–H groups in total. The normalized spacial score (nSPS) is 11.6. The Morgan fingerprint density at radius 1 is 0.380 bits per heavy atom. The molecule has 3 aromatic heterocycles. The molecule has 7 aromatic carbocycles. The molecule has 0 aliphatic heterocycles. The fraction of sp³-hybridized carbons (Fsp3) is 0. The molecule has 0 radical (unpaired) electrons. The van der Waals surface area contributed by atoms with Crippen molar-refractivity contribution in [2.45, 2.75) is 0 Å². The van der Waals surface area contributed by atoms with Gasteiger partial charge >= 0.3 is 0 Å². The van der Waals surface area contributed by atoms with E-state index in [1.807, 2.05) is 72.8 Å². The number of hydrogen-bond donors (Lipinski definition) is 0. The van der Waals surface area contributed by atoms with E-state index in [2.05, 4.69) is 102 Å². The maximum absolute atomic E-state index is 6.17. The quantitative estimate of drug-likeness (QED) is 0.188. The van der Waals surface area contributed by atoms with Gasteiger partial charge in [-0.05, 0) is 53.6 Å². The van der Waals surface area contributed by atoms with E-state index in [4.69, 9.17) is 19.4 Å². The Kier molecular flexibility index (Phi) is 6.42. The Labute approximate surface area is 287 Å². The monoisotopic (exact) mass is 640 g/mol. The van der Waals surface area contributed by atoms with Crippen LogP contribution < -0.4 is 0 Å². The molecule has 0 unspecified atom stereocenters. The van der Waals surface area contributed by atoms with Gasteiger partial charge in [-0.15, -0.1) is 0 Å². The van der Waals surface area contributed by atoms with Crippen molar-refractivity contribution < 1.29 is 4.42 Å². The molecule has 0 aliphatic carbocycles. The van der Waals surface area contributed by atoms with Crippen LogP contribution in [-0.2, 0) is 0 Å². The van der Waals surface area contributed by atoms with Crippen LogP contribution in [0.1, 0.15) is 0 Å². The highest BCUT2D eigenvalue weighted by molar-refractivity contribution is 6.17. The SMILES string of the molecule is c1ccc(-c2nc(-c3ccccc3)nc(-c3ccccc3-n3c4ccccc4c4c(-c5ccc6oc7ccccc7c6c5)cccc43)n2)cc1. The van der Waals surface area contributed by atoms with E-state index < -0.39 is 0 Å². The van der Waals surface area contributed by atoms with Gasteiger partial charge in [-0.2, -0.15) is 0 Å². The van der Waals surface area contributed by atoms with Crippen molar-refractivity contribution >= 4 is 43.7 Å². The van der Waals surface area contributed by atoms with Gasteiger partial charge in [-0.25, -0.2) is 15.0 Å². The van der Waals surface area contributed by atoms with Gasteiger partial charge in [0, 0.05) is 38.2 Å². The maximum atomic E-state index is 6.17. The first kappa shape index (κ1) is 28.2. The Bertz CT molecular complexity index is 2810. The van der Waals surface area contributed by atoms with Crippen LogP contribution in [0.25, 0.3) is 94.7 Å². The van der Waals surface area contributed by atoms with Crippen LogP contribution in [0.3, 0.4) is 0 Å². The summed E-state index contributed by atoms with van der Waals surface area (Å²) in [5, 5.41) is 4.60. The lowest BCUT2D eigenvalue weighted by Crippen LogP contribution is -2.03. The largest absolute Gasteiger partial charge is 0.456 e. The fourth-order valence-corrected chi connectivity index (χ4v) is 7.20. The van der Waals surface area contributed by atoms with E-state index in [0.29, 0.717) is 17.5 Å². The van der Waals surface area contributed by atoms with Gasteiger partial charge in [0.1, 0.15) is 11.2 Å². The molecule has 0 bridgehead atoms. The van der Waals surface area contributed by atoms with Gasteiger partial charge in [-0.3, -0.25) is 0 Å². The zero-order valence-electron chi connectivity index (χ0n) is 26.9. The second kappa shape index (κ2) is 11.4. The summed E-state index contributed by atoms with van der Waals surface area (Å²) < 4.78 is 8.52. The number of para-hydroxylation sites is 3. The van der Waals surface area contributed by atoms with Gasteiger partial charge in [-0.1, -0.05) is 127 Å². The Hall–Kier alpha value is -6.85. The second-order valence-corrected chi connectivity index (χ2v) is 12.4. The predicted molar refractivity (Wildman–Crippen MR) is 203 cm³/mol. The molecular weight excluding hydrogens is 613 g/mol. The summed E-state index contributed by atoms with van der Waals surface area (Å²) in [6, 6.07) is 58.6. The number of furan rings is 1. The van der Waals surface area contributed by atoms with Crippen molar-refractivity contribution in [3.63, 3.8) is 0 Å². The van der Waals surface area contributed by atoms with Crippen molar-refractivity contribution in [2.75, 3.05) is 0 Å². The van der Waals surface area contributed by atoms with E-state index >= 15 is 0 Å². The molecule has 0 amide bonds. The summed E-state index contributed by atoms with van der Waals surface area (Å²) in [6.45, 7) is 0. The maximum Gasteiger partial charge on any atom is 0.166 e. The molecule has 10 rings (SSSR count). The van der Waals surface area contributed by atoms with Crippen LogP contribution >= 0.6 is 0 Å². The minimum Gasteiger partial charge on any atom is -0.456 e. The van der Waals surface area contributed by atoms with E-state index in [1.54, 1.807) is 0 Å². The van der Waals surface area contributed by atoms with E-state index in [-0.39, 0.29) is 0 Å². The standard InChI is InChI=1S/C45H28N4O/c1-3-14-29(15-4-1)43-46-44(30-16-5-2-6-17-30)48-45(47-43)35-20-8-11-23-38(35)49-37-22-10-7-19-34(37)42-32(21-13-24-39(42)49)31-26-27-41-36(28-31)33-18-9-12-25-40(33)50-41/h1-28H. The van der Waals surface area contributed by atoms with Crippen molar-refractivity contribution in [1.82, 2.24) is 19.5 Å². The molecule has 0 fully saturated rings. The van der Waals surface area contributed by atoms with Crippen molar-refractivity contribution in [3.8, 4) is 51.0 Å². The van der Waals surface area contributed by atoms with Crippen LogP contribution in [0.15, 0.2) is 174 Å². The first-order valence-electron chi connectivity index (χ1n) is 16.7. The van der Waals surface area contributed by atoms with Crippen LogP contribution in [0.2, 0.25) is 0 Å². The Balaban J connectivity index is 1.22. The van der Waals surface area contributed by atoms with Crippen LogP contribution in [-0.4, -0.2) is 19.5 Å². The lowest BCUT2D eigenvalue weighted by molar-refractivity contribution is 0.669. The zero-order valence-corrected chi connectivity index (χ0v) is 26.9. The van der Waals surface area contributed by atoms with Crippen molar-refractivity contribution in [3.05, 3.63) is 170 Å². The predicted octanol–water partition coefficient (Wildman–Crippen LogP) is 11.5. The molecule has 5 heteroatoms. The lowest BCUT2D eigenvalue weighted by Gasteiger charge is -2.14. The minimum absolute atomic E-state index is 0.618. The molecule has 0 saturated heterocycles. The third-order valence-electron chi connectivity index (χ3n) is 9.47. The van der Waals surface area contributed by atoms with Crippen LogP contribution in [0.4, 0.5) is 0 Å². The highest BCUT2D eigenvalue weighted by Gasteiger charge is 2.21. The first-order chi connectivity index (χ1) is 24.8. The zero-order chi connectivity index (χ0) is 33.0. The summed E-state index contributed by atoms with van der Waals surface area (Å²) in [6.07, 6.45) is 0. The molecule has 50 heavy (non-hydrogen) atoms. The summed E-state index contributed by atoms with van der Waals surface area (Å²) in [5.41, 5.74) is 10.1. The summed E-state index contributed by atoms with van der Waals surface area (Å²) in [5.74, 6) is 1.89. The number of rotatable bonds is 5. The molecular formula is C45H28N4O. The van der Waals surface area contributed by atoms with Crippen LogP contribution in [0.5, 0.6) is 0 Å². The molecule has 0 atom stereocenters. The van der Waals surface area contributed by atoms with Gasteiger partial charge in [0.05, 0.1) is 16.7 Å². The molecule has 10 aromatic rings. The number of fused-ring (bicyclic) bond motifs is 6. The summed E-state index contributed by atoms with van der Waals surface area (Å²) in [4.78, 5) is 15.1. The van der Waals surface area contributed by atoms with E-state index in [9.17, 15) is 0 Å². The molecule has 5 nitrogen and oxygen atoms in total. The third-order valence-corrected chi connectivity index (χ3v) is 9.47. The molecule has 0 spiro atoms. The Morgan fingerprint density at radius 2 is 0.960 bits per heavy atom. The highest BCUT2D eigenvalue weighted by atomic mass is 16.3. The Morgan fingerprint density at radius 3 is 1.74 bits per heavy atom. The van der Waals surface area contributed by atoms with Gasteiger partial charge in [0.2, 0.25) is 0 Å². The number of benzene rings is 7. The van der Waals surface area contributed by atoms with E-state index in [1.165, 1.54) is 16.3 Å². The smallest absolute Gasteiger partial charge is 0.166 e. The average molecular weight is 641 g/mol. The molecule has 3 heterocycles. The number of hydrogen-bond acceptors (Lipinski definition) is 4. The van der Waals surface area contributed by atoms with E-state index in [0.717, 1.165) is 60.9 Å².